The lowest BCUT2D eigenvalue weighted by atomic mass is 10.0. The SMILES string of the molecule is [2H]C([2H])([2H])n1cc(-c2ccnn3cc(C(=O)O)nc23)c(-c2ccc(F)cc2)n1. The Morgan fingerprint density at radius 3 is 2.72 bits per heavy atom. The summed E-state index contributed by atoms with van der Waals surface area (Å²) in [7, 11) is 0. The second-order valence-electron chi connectivity index (χ2n) is 5.29. The van der Waals surface area contributed by atoms with Crippen molar-refractivity contribution >= 4 is 11.6 Å². The number of imidazole rings is 1. The monoisotopic (exact) mass is 340 g/mol. The van der Waals surface area contributed by atoms with Crippen molar-refractivity contribution < 1.29 is 18.4 Å². The third-order valence-electron chi connectivity index (χ3n) is 3.70. The first-order chi connectivity index (χ1) is 13.2. The van der Waals surface area contributed by atoms with Crippen LogP contribution in [0.1, 0.15) is 14.6 Å². The van der Waals surface area contributed by atoms with Crippen molar-refractivity contribution in [3.05, 3.63) is 60.4 Å². The number of benzene rings is 1. The predicted octanol–water partition coefficient (Wildman–Crippen LogP) is 2.63. The number of aromatic nitrogens is 5. The van der Waals surface area contributed by atoms with E-state index in [2.05, 4.69) is 15.2 Å². The van der Waals surface area contributed by atoms with E-state index in [9.17, 15) is 14.3 Å². The lowest BCUT2D eigenvalue weighted by Gasteiger charge is -2.04. The Kier molecular flexibility index (Phi) is 2.63. The van der Waals surface area contributed by atoms with Gasteiger partial charge >= 0.3 is 5.97 Å². The van der Waals surface area contributed by atoms with Crippen molar-refractivity contribution in [2.45, 2.75) is 0 Å². The van der Waals surface area contributed by atoms with Crippen LogP contribution in [0, 0.1) is 5.82 Å². The van der Waals surface area contributed by atoms with Crippen LogP contribution < -0.4 is 0 Å². The van der Waals surface area contributed by atoms with Crippen molar-refractivity contribution in [1.82, 2.24) is 24.4 Å². The number of halogens is 1. The quantitative estimate of drug-likeness (QED) is 0.620. The Hall–Kier alpha value is -3.55. The molecule has 0 amide bonds. The summed E-state index contributed by atoms with van der Waals surface area (Å²) >= 11 is 0. The van der Waals surface area contributed by atoms with E-state index in [-0.39, 0.29) is 11.3 Å². The van der Waals surface area contributed by atoms with Crippen LogP contribution in [-0.4, -0.2) is 35.5 Å². The van der Waals surface area contributed by atoms with Gasteiger partial charge in [0, 0.05) is 40.2 Å². The first-order valence-electron chi connectivity index (χ1n) is 8.68. The molecule has 4 aromatic rings. The zero-order valence-corrected chi connectivity index (χ0v) is 12.6. The molecule has 0 aliphatic rings. The molecule has 3 aromatic heterocycles. The number of carboxylic acids is 1. The number of hydrogen-bond acceptors (Lipinski definition) is 4. The summed E-state index contributed by atoms with van der Waals surface area (Å²) in [5.41, 5.74) is 1.67. The lowest BCUT2D eigenvalue weighted by Crippen LogP contribution is -1.95. The van der Waals surface area contributed by atoms with Gasteiger partial charge in [-0.15, -0.1) is 0 Å². The highest BCUT2D eigenvalue weighted by Gasteiger charge is 2.18. The lowest BCUT2D eigenvalue weighted by molar-refractivity contribution is 0.0691. The van der Waals surface area contributed by atoms with Gasteiger partial charge in [-0.1, -0.05) is 0 Å². The summed E-state index contributed by atoms with van der Waals surface area (Å²) in [4.78, 5) is 15.3. The molecule has 7 nitrogen and oxygen atoms in total. The zero-order valence-electron chi connectivity index (χ0n) is 15.6. The van der Waals surface area contributed by atoms with Gasteiger partial charge in [0.05, 0.1) is 6.20 Å². The second-order valence-corrected chi connectivity index (χ2v) is 5.29. The molecule has 0 saturated heterocycles. The van der Waals surface area contributed by atoms with E-state index in [4.69, 9.17) is 4.11 Å². The van der Waals surface area contributed by atoms with Crippen LogP contribution in [0.4, 0.5) is 4.39 Å². The molecule has 0 fully saturated rings. The van der Waals surface area contributed by atoms with E-state index < -0.39 is 18.8 Å². The Morgan fingerprint density at radius 1 is 1.20 bits per heavy atom. The normalized spacial score (nSPS) is 13.4. The molecule has 0 bridgehead atoms. The van der Waals surface area contributed by atoms with Gasteiger partial charge in [0.1, 0.15) is 11.5 Å². The first kappa shape index (κ1) is 11.9. The van der Waals surface area contributed by atoms with Crippen molar-refractivity contribution in [2.75, 3.05) is 0 Å². The van der Waals surface area contributed by atoms with Crippen molar-refractivity contribution in [3.8, 4) is 22.4 Å². The van der Waals surface area contributed by atoms with Crippen LogP contribution in [0.25, 0.3) is 28.0 Å². The maximum absolute atomic E-state index is 13.3. The molecule has 1 aromatic carbocycles. The Balaban J connectivity index is 1.99. The highest BCUT2D eigenvalue weighted by atomic mass is 19.1. The minimum atomic E-state index is -2.53. The van der Waals surface area contributed by atoms with Gasteiger partial charge in [0.15, 0.2) is 11.3 Å². The highest BCUT2D eigenvalue weighted by Crippen LogP contribution is 2.32. The number of hydrogen-bond donors (Lipinski definition) is 1. The zero-order chi connectivity index (χ0) is 20.1. The summed E-state index contributed by atoms with van der Waals surface area (Å²) in [5.74, 6) is -1.65. The first-order valence-corrected chi connectivity index (χ1v) is 7.18. The number of rotatable bonds is 3. The van der Waals surface area contributed by atoms with Gasteiger partial charge in [0.2, 0.25) is 0 Å². The van der Waals surface area contributed by atoms with E-state index in [0.717, 1.165) is 4.68 Å². The number of nitrogens with zero attached hydrogens (tertiary/aromatic N) is 5. The minimum absolute atomic E-state index is 0.202. The smallest absolute Gasteiger partial charge is 0.356 e. The van der Waals surface area contributed by atoms with Gasteiger partial charge in [0.25, 0.3) is 0 Å². The van der Waals surface area contributed by atoms with Crippen molar-refractivity contribution in [1.29, 1.82) is 0 Å². The number of fused-ring (bicyclic) bond motifs is 1. The van der Waals surface area contributed by atoms with Crippen LogP contribution in [0.5, 0.6) is 0 Å². The van der Waals surface area contributed by atoms with Crippen molar-refractivity contribution in [3.63, 3.8) is 0 Å². The fourth-order valence-corrected chi connectivity index (χ4v) is 2.60. The predicted molar refractivity (Wildman–Crippen MR) is 87.5 cm³/mol. The molecule has 0 radical (unpaired) electrons. The third-order valence-corrected chi connectivity index (χ3v) is 3.70. The summed E-state index contributed by atoms with van der Waals surface area (Å²) in [6, 6.07) is 7.04. The largest absolute Gasteiger partial charge is 0.476 e. The van der Waals surface area contributed by atoms with Crippen LogP contribution in [0.15, 0.2) is 48.9 Å². The Labute approximate surface area is 145 Å². The molecule has 0 aliphatic carbocycles. The number of carboxylic acid groups (broad SMARTS) is 1. The number of aryl methyl sites for hydroxylation is 1. The van der Waals surface area contributed by atoms with E-state index in [1.807, 2.05) is 0 Å². The molecule has 0 saturated carbocycles. The molecule has 8 heteroatoms. The van der Waals surface area contributed by atoms with Gasteiger partial charge < -0.3 is 5.11 Å². The molecule has 0 spiro atoms. The van der Waals surface area contributed by atoms with Gasteiger partial charge in [-0.3, -0.25) is 4.68 Å². The number of carbonyl (C=O) groups is 1. The van der Waals surface area contributed by atoms with Crippen LogP contribution >= 0.6 is 0 Å². The molecule has 3 heterocycles. The summed E-state index contributed by atoms with van der Waals surface area (Å²) in [5, 5.41) is 17.4. The molecular formula is C17H12FN5O2. The van der Waals surface area contributed by atoms with Crippen LogP contribution in [0.2, 0.25) is 0 Å². The highest BCUT2D eigenvalue weighted by molar-refractivity contribution is 5.90. The fourth-order valence-electron chi connectivity index (χ4n) is 2.60. The molecule has 0 atom stereocenters. The average Bonchev–Trinajstić information content (AvgIpc) is 3.26. The average molecular weight is 340 g/mol. The maximum Gasteiger partial charge on any atom is 0.356 e. The Morgan fingerprint density at radius 2 is 2.00 bits per heavy atom. The maximum atomic E-state index is 13.3. The summed E-state index contributed by atoms with van der Waals surface area (Å²) in [6.07, 6.45) is 4.03. The third kappa shape index (κ3) is 2.53. The van der Waals surface area contributed by atoms with Gasteiger partial charge in [-0.05, 0) is 30.3 Å². The summed E-state index contributed by atoms with van der Waals surface area (Å²) in [6.45, 7) is -2.53. The molecule has 0 aliphatic heterocycles. The van der Waals surface area contributed by atoms with Crippen LogP contribution in [0.3, 0.4) is 0 Å². The second kappa shape index (κ2) is 5.52. The standard InChI is InChI=1S/C17H12FN5O2/c1-22-8-13(15(21-22)10-2-4-11(18)5-3-10)12-6-7-19-23-9-14(17(24)25)20-16(12)23/h2-9H,1H3,(H,24,25)/i1D3. The van der Waals surface area contributed by atoms with E-state index in [0.29, 0.717) is 22.4 Å². The topological polar surface area (TPSA) is 85.3 Å². The summed E-state index contributed by atoms with van der Waals surface area (Å²) < 4.78 is 38.3. The molecule has 0 unspecified atom stereocenters. The van der Waals surface area contributed by atoms with E-state index in [1.165, 1.54) is 47.4 Å². The molecule has 1 N–H and O–H groups in total. The minimum Gasteiger partial charge on any atom is -0.476 e. The fraction of sp³-hybridized carbons (Fsp3) is 0.0588. The van der Waals surface area contributed by atoms with Crippen molar-refractivity contribution in [2.24, 2.45) is 6.98 Å². The molecule has 124 valence electrons. The van der Waals surface area contributed by atoms with E-state index >= 15 is 0 Å². The molecule has 4 rings (SSSR count). The molecular weight excluding hydrogens is 325 g/mol. The Bertz CT molecular complexity index is 1200. The van der Waals surface area contributed by atoms with Crippen LogP contribution in [-0.2, 0) is 6.98 Å². The molecule has 25 heavy (non-hydrogen) atoms. The van der Waals surface area contributed by atoms with E-state index in [1.54, 1.807) is 6.07 Å². The van der Waals surface area contributed by atoms with Gasteiger partial charge in [-0.25, -0.2) is 18.7 Å². The van der Waals surface area contributed by atoms with Gasteiger partial charge in [-0.2, -0.15) is 10.2 Å². The number of aromatic carboxylic acids is 1.